The summed E-state index contributed by atoms with van der Waals surface area (Å²) in [6.45, 7) is 13.0. The van der Waals surface area contributed by atoms with Crippen LogP contribution in [0.25, 0.3) is 0 Å². The summed E-state index contributed by atoms with van der Waals surface area (Å²) in [6, 6.07) is 9.05. The molecule has 118 valence electrons. The Morgan fingerprint density at radius 2 is 1.62 bits per heavy atom. The predicted octanol–water partition coefficient (Wildman–Crippen LogP) is 2.38. The lowest BCUT2D eigenvalue weighted by Crippen LogP contribution is -2.93. The van der Waals surface area contributed by atoms with Crippen molar-refractivity contribution in [2.45, 2.75) is 59.0 Å². The average molecular weight is 291 g/mol. The molecule has 2 atom stereocenters. The number of nitrogens with one attached hydrogen (secondary N) is 1. The van der Waals surface area contributed by atoms with Crippen LogP contribution < -0.4 is 10.6 Å². The SMILES string of the molecule is CNC(=O)[C@H](C)[NH2+][C@@H](c1ccc(C(C)(C)C)cc1)C(C)C. The Bertz CT molecular complexity index is 457. The Morgan fingerprint density at radius 3 is 2.00 bits per heavy atom. The first-order valence-electron chi connectivity index (χ1n) is 7.83. The van der Waals surface area contributed by atoms with E-state index in [1.807, 2.05) is 6.92 Å². The fraction of sp³-hybridized carbons (Fsp3) is 0.611. The maximum atomic E-state index is 11.7. The van der Waals surface area contributed by atoms with Crippen LogP contribution in [0.15, 0.2) is 24.3 Å². The molecule has 0 fully saturated rings. The van der Waals surface area contributed by atoms with Crippen LogP contribution in [-0.2, 0) is 10.2 Å². The fourth-order valence-corrected chi connectivity index (χ4v) is 2.55. The molecule has 0 spiro atoms. The number of nitrogens with two attached hydrogens (primary N) is 1. The third-order valence-corrected chi connectivity index (χ3v) is 4.04. The predicted molar refractivity (Wildman–Crippen MR) is 88.2 cm³/mol. The molecule has 0 saturated carbocycles. The molecule has 1 aromatic rings. The maximum Gasteiger partial charge on any atom is 0.277 e. The zero-order valence-corrected chi connectivity index (χ0v) is 14.5. The number of carbonyl (C=O) groups excluding carboxylic acids is 1. The lowest BCUT2D eigenvalue weighted by atomic mass is 9.85. The quantitative estimate of drug-likeness (QED) is 0.859. The second kappa shape index (κ2) is 7.08. The van der Waals surface area contributed by atoms with E-state index in [1.165, 1.54) is 11.1 Å². The number of hydrogen-bond donors (Lipinski definition) is 2. The molecule has 21 heavy (non-hydrogen) atoms. The standard InChI is InChI=1S/C18H30N2O/c1-12(2)16(20-13(3)17(21)19-7)14-8-10-15(11-9-14)18(4,5)6/h8-13,16,20H,1-7H3,(H,19,21)/p+1/t13-,16+/m0/s1. The van der Waals surface area contributed by atoms with Gasteiger partial charge in [-0.05, 0) is 17.9 Å². The minimum Gasteiger partial charge on any atom is -0.354 e. The van der Waals surface area contributed by atoms with E-state index in [9.17, 15) is 4.79 Å². The molecule has 0 radical (unpaired) electrons. The van der Waals surface area contributed by atoms with Crippen LogP contribution in [0.1, 0.15) is 58.7 Å². The lowest BCUT2D eigenvalue weighted by Gasteiger charge is -2.24. The molecule has 0 aliphatic rings. The fourth-order valence-electron chi connectivity index (χ4n) is 2.55. The summed E-state index contributed by atoms with van der Waals surface area (Å²) in [7, 11) is 1.69. The first-order chi connectivity index (χ1) is 9.66. The number of carbonyl (C=O) groups is 1. The summed E-state index contributed by atoms with van der Waals surface area (Å²) >= 11 is 0. The Hall–Kier alpha value is -1.35. The second-order valence-corrected chi connectivity index (χ2v) is 7.24. The molecule has 0 aliphatic carbocycles. The van der Waals surface area contributed by atoms with Gasteiger partial charge in [0.2, 0.25) is 0 Å². The van der Waals surface area contributed by atoms with Crippen molar-refractivity contribution in [2.24, 2.45) is 5.92 Å². The van der Waals surface area contributed by atoms with E-state index in [2.05, 4.69) is 69.5 Å². The van der Waals surface area contributed by atoms with E-state index >= 15 is 0 Å². The monoisotopic (exact) mass is 291 g/mol. The highest BCUT2D eigenvalue weighted by Crippen LogP contribution is 2.25. The van der Waals surface area contributed by atoms with Gasteiger partial charge >= 0.3 is 0 Å². The van der Waals surface area contributed by atoms with Crippen LogP contribution in [0.5, 0.6) is 0 Å². The number of hydrogen-bond acceptors (Lipinski definition) is 1. The van der Waals surface area contributed by atoms with Gasteiger partial charge < -0.3 is 10.6 Å². The molecule has 1 amide bonds. The van der Waals surface area contributed by atoms with Gasteiger partial charge in [-0.1, -0.05) is 58.9 Å². The third-order valence-electron chi connectivity index (χ3n) is 4.04. The molecule has 0 aromatic heterocycles. The van der Waals surface area contributed by atoms with E-state index < -0.39 is 0 Å². The van der Waals surface area contributed by atoms with Gasteiger partial charge in [-0.25, -0.2) is 0 Å². The summed E-state index contributed by atoms with van der Waals surface area (Å²) in [5.41, 5.74) is 2.80. The zero-order chi connectivity index (χ0) is 16.2. The number of quaternary nitrogens is 1. The van der Waals surface area contributed by atoms with Crippen LogP contribution in [0.3, 0.4) is 0 Å². The highest BCUT2D eigenvalue weighted by Gasteiger charge is 2.25. The van der Waals surface area contributed by atoms with Gasteiger partial charge in [0.05, 0.1) is 0 Å². The topological polar surface area (TPSA) is 45.7 Å². The third kappa shape index (κ3) is 4.85. The van der Waals surface area contributed by atoms with Crippen LogP contribution in [0.4, 0.5) is 0 Å². The molecule has 3 heteroatoms. The largest absolute Gasteiger partial charge is 0.354 e. The van der Waals surface area contributed by atoms with Crippen molar-refractivity contribution in [2.75, 3.05) is 7.05 Å². The van der Waals surface area contributed by atoms with Crippen molar-refractivity contribution >= 4 is 5.91 Å². The first-order valence-corrected chi connectivity index (χ1v) is 7.83. The summed E-state index contributed by atoms with van der Waals surface area (Å²) in [5, 5.41) is 4.88. The van der Waals surface area contributed by atoms with Crippen molar-refractivity contribution in [3.05, 3.63) is 35.4 Å². The summed E-state index contributed by atoms with van der Waals surface area (Å²) in [5.74, 6) is 0.546. The van der Waals surface area contributed by atoms with Crippen LogP contribution >= 0.6 is 0 Å². The molecule has 3 nitrogen and oxygen atoms in total. The van der Waals surface area contributed by atoms with E-state index in [1.54, 1.807) is 7.05 Å². The highest BCUT2D eigenvalue weighted by molar-refractivity contribution is 5.79. The number of benzene rings is 1. The normalized spacial score (nSPS) is 14.9. The van der Waals surface area contributed by atoms with Crippen LogP contribution in [-0.4, -0.2) is 19.0 Å². The first kappa shape index (κ1) is 17.7. The number of likely N-dealkylation sites (N-methyl/N-ethyl adjacent to an activating group) is 1. The van der Waals surface area contributed by atoms with Gasteiger partial charge in [-0.3, -0.25) is 4.79 Å². The van der Waals surface area contributed by atoms with Crippen molar-refractivity contribution in [1.82, 2.24) is 5.32 Å². The van der Waals surface area contributed by atoms with Gasteiger partial charge in [0, 0.05) is 18.5 Å². The summed E-state index contributed by atoms with van der Waals surface area (Å²) in [6.07, 6.45) is 0. The van der Waals surface area contributed by atoms with Crippen molar-refractivity contribution in [3.63, 3.8) is 0 Å². The van der Waals surface area contributed by atoms with Crippen molar-refractivity contribution in [3.8, 4) is 0 Å². The number of amides is 1. The Labute approximate surface area is 129 Å². The molecule has 0 unspecified atom stereocenters. The van der Waals surface area contributed by atoms with Gasteiger partial charge in [-0.2, -0.15) is 0 Å². The summed E-state index contributed by atoms with van der Waals surface area (Å²) in [4.78, 5) is 11.7. The van der Waals surface area contributed by atoms with E-state index in [0.717, 1.165) is 0 Å². The zero-order valence-electron chi connectivity index (χ0n) is 14.5. The second-order valence-electron chi connectivity index (χ2n) is 7.24. The maximum absolute atomic E-state index is 11.7. The van der Waals surface area contributed by atoms with Crippen molar-refractivity contribution in [1.29, 1.82) is 0 Å². The Balaban J connectivity index is 2.94. The Morgan fingerprint density at radius 1 is 1.10 bits per heavy atom. The average Bonchev–Trinajstić information content (AvgIpc) is 2.42. The van der Waals surface area contributed by atoms with Gasteiger partial charge in [0.15, 0.2) is 6.04 Å². The molecule has 1 rings (SSSR count). The minimum atomic E-state index is -0.0790. The van der Waals surface area contributed by atoms with Gasteiger partial charge in [0.1, 0.15) is 6.04 Å². The molecular weight excluding hydrogens is 260 g/mol. The van der Waals surface area contributed by atoms with Crippen LogP contribution in [0, 0.1) is 5.92 Å². The van der Waals surface area contributed by atoms with E-state index in [4.69, 9.17) is 0 Å². The molecule has 3 N–H and O–H groups in total. The molecule has 0 aliphatic heterocycles. The summed E-state index contributed by atoms with van der Waals surface area (Å²) < 4.78 is 0. The van der Waals surface area contributed by atoms with Crippen LogP contribution in [0.2, 0.25) is 0 Å². The highest BCUT2D eigenvalue weighted by atomic mass is 16.2. The van der Waals surface area contributed by atoms with E-state index in [0.29, 0.717) is 12.0 Å². The number of rotatable bonds is 5. The van der Waals surface area contributed by atoms with Crippen molar-refractivity contribution < 1.29 is 10.1 Å². The minimum absolute atomic E-state index is 0.0759. The molecule has 0 heterocycles. The molecule has 0 bridgehead atoms. The smallest absolute Gasteiger partial charge is 0.277 e. The van der Waals surface area contributed by atoms with E-state index in [-0.39, 0.29) is 17.4 Å². The molecular formula is C18H31N2O+. The lowest BCUT2D eigenvalue weighted by molar-refractivity contribution is -0.719. The van der Waals surface area contributed by atoms with Gasteiger partial charge in [0.25, 0.3) is 5.91 Å². The molecule has 1 aromatic carbocycles. The molecule has 0 saturated heterocycles. The van der Waals surface area contributed by atoms with Gasteiger partial charge in [-0.15, -0.1) is 0 Å². The Kier molecular flexibility index (Phi) is 5.97.